The van der Waals surface area contributed by atoms with Crippen molar-refractivity contribution >= 4 is 11.3 Å². The number of thiazole rings is 1. The number of rotatable bonds is 7. The van der Waals surface area contributed by atoms with Gasteiger partial charge < -0.3 is 5.32 Å². The zero-order valence-corrected chi connectivity index (χ0v) is 12.5. The van der Waals surface area contributed by atoms with Gasteiger partial charge >= 0.3 is 0 Å². The molecule has 0 saturated heterocycles. The van der Waals surface area contributed by atoms with Crippen LogP contribution in [0.15, 0.2) is 35.8 Å². The normalized spacial score (nSPS) is 12.5. The highest BCUT2D eigenvalue weighted by atomic mass is 32.1. The molecule has 1 aromatic carbocycles. The van der Waals surface area contributed by atoms with Gasteiger partial charge in [-0.1, -0.05) is 37.6 Å². The first-order valence-corrected chi connectivity index (χ1v) is 7.88. The molecule has 1 atom stereocenters. The van der Waals surface area contributed by atoms with Crippen LogP contribution in [0.5, 0.6) is 0 Å². The first-order chi connectivity index (χ1) is 9.29. The molecule has 0 spiro atoms. The lowest BCUT2D eigenvalue weighted by Gasteiger charge is -2.13. The van der Waals surface area contributed by atoms with Crippen LogP contribution in [0.3, 0.4) is 0 Å². The van der Waals surface area contributed by atoms with Crippen LogP contribution in [-0.4, -0.2) is 4.98 Å². The van der Waals surface area contributed by atoms with Crippen molar-refractivity contribution in [1.82, 2.24) is 10.3 Å². The van der Waals surface area contributed by atoms with Crippen LogP contribution >= 0.6 is 11.3 Å². The van der Waals surface area contributed by atoms with Gasteiger partial charge in [-0.25, -0.2) is 4.98 Å². The largest absolute Gasteiger partial charge is 0.304 e. The summed E-state index contributed by atoms with van der Waals surface area (Å²) in [6.45, 7) is 5.28. The molecule has 2 aromatic rings. The van der Waals surface area contributed by atoms with Gasteiger partial charge in [-0.2, -0.15) is 0 Å². The average molecular weight is 274 g/mol. The highest BCUT2D eigenvalue weighted by Crippen LogP contribution is 2.15. The number of benzene rings is 1. The summed E-state index contributed by atoms with van der Waals surface area (Å²) in [5.74, 6) is 0. The molecule has 19 heavy (non-hydrogen) atoms. The average Bonchev–Trinajstić information content (AvgIpc) is 2.96. The monoisotopic (exact) mass is 274 g/mol. The molecule has 0 amide bonds. The zero-order valence-electron chi connectivity index (χ0n) is 11.7. The lowest BCUT2D eigenvalue weighted by Crippen LogP contribution is -2.17. The van der Waals surface area contributed by atoms with E-state index in [0.29, 0.717) is 6.04 Å². The van der Waals surface area contributed by atoms with Gasteiger partial charge in [-0.3, -0.25) is 0 Å². The summed E-state index contributed by atoms with van der Waals surface area (Å²) in [6.07, 6.45) is 5.58. The molecule has 0 saturated carbocycles. The number of hydrogen-bond acceptors (Lipinski definition) is 3. The van der Waals surface area contributed by atoms with Crippen LogP contribution in [0.1, 0.15) is 48.9 Å². The summed E-state index contributed by atoms with van der Waals surface area (Å²) >= 11 is 1.70. The third kappa shape index (κ3) is 4.44. The fraction of sp³-hybridized carbons (Fsp3) is 0.438. The maximum absolute atomic E-state index is 4.29. The minimum absolute atomic E-state index is 0.365. The Balaban J connectivity index is 1.86. The van der Waals surface area contributed by atoms with Gasteiger partial charge in [0.2, 0.25) is 0 Å². The molecule has 0 radical (unpaired) electrons. The quantitative estimate of drug-likeness (QED) is 0.812. The molecule has 0 aliphatic heterocycles. The molecule has 1 aromatic heterocycles. The van der Waals surface area contributed by atoms with Gasteiger partial charge in [0.1, 0.15) is 5.01 Å². The fourth-order valence-corrected chi connectivity index (χ4v) is 2.62. The highest BCUT2D eigenvalue weighted by molar-refractivity contribution is 7.09. The van der Waals surface area contributed by atoms with E-state index in [-0.39, 0.29) is 0 Å². The number of aromatic nitrogens is 1. The molecule has 2 rings (SSSR count). The van der Waals surface area contributed by atoms with E-state index in [1.54, 1.807) is 11.3 Å². The Labute approximate surface area is 119 Å². The lowest BCUT2D eigenvalue weighted by atomic mass is 10.0. The maximum atomic E-state index is 4.29. The van der Waals surface area contributed by atoms with E-state index in [9.17, 15) is 0 Å². The predicted octanol–water partition coefficient (Wildman–Crippen LogP) is 4.34. The topological polar surface area (TPSA) is 24.9 Å². The highest BCUT2D eigenvalue weighted by Gasteiger charge is 2.05. The van der Waals surface area contributed by atoms with Crippen LogP contribution in [0.4, 0.5) is 0 Å². The van der Waals surface area contributed by atoms with Crippen LogP contribution in [0, 0.1) is 0 Å². The molecular weight excluding hydrogens is 252 g/mol. The van der Waals surface area contributed by atoms with Gasteiger partial charge in [0.25, 0.3) is 0 Å². The standard InChI is InChI=1S/C16H22N2S/c1-3-4-5-14-6-8-15(9-7-14)13(2)18-12-16-17-10-11-19-16/h6-11,13,18H,3-5,12H2,1-2H3. The van der Waals surface area contributed by atoms with Crippen LogP contribution in [-0.2, 0) is 13.0 Å². The number of nitrogens with one attached hydrogen (secondary N) is 1. The molecule has 1 N–H and O–H groups in total. The second-order valence-electron chi connectivity index (χ2n) is 4.87. The van der Waals surface area contributed by atoms with Crippen molar-refractivity contribution < 1.29 is 0 Å². The van der Waals surface area contributed by atoms with Gasteiger partial charge in [0.15, 0.2) is 0 Å². The molecular formula is C16H22N2S. The second kappa shape index (κ2) is 7.41. The molecule has 0 aliphatic rings. The molecule has 0 aliphatic carbocycles. The van der Waals surface area contributed by atoms with Gasteiger partial charge in [0, 0.05) is 24.2 Å². The van der Waals surface area contributed by atoms with Crippen LogP contribution in [0.2, 0.25) is 0 Å². The van der Waals surface area contributed by atoms with Gasteiger partial charge in [0.05, 0.1) is 0 Å². The predicted molar refractivity (Wildman–Crippen MR) is 82.4 cm³/mol. The van der Waals surface area contributed by atoms with E-state index in [0.717, 1.165) is 11.6 Å². The molecule has 102 valence electrons. The van der Waals surface area contributed by atoms with Crippen molar-refractivity contribution in [3.05, 3.63) is 52.0 Å². The Hall–Kier alpha value is -1.19. The van der Waals surface area contributed by atoms with Gasteiger partial charge in [-0.05, 0) is 30.9 Å². The van der Waals surface area contributed by atoms with Crippen LogP contribution in [0.25, 0.3) is 0 Å². The number of hydrogen-bond donors (Lipinski definition) is 1. The van der Waals surface area contributed by atoms with E-state index in [1.807, 2.05) is 11.6 Å². The molecule has 1 unspecified atom stereocenters. The first kappa shape index (κ1) is 14.2. The number of nitrogens with zero attached hydrogens (tertiary/aromatic N) is 1. The van der Waals surface area contributed by atoms with Crippen molar-refractivity contribution in [2.24, 2.45) is 0 Å². The lowest BCUT2D eigenvalue weighted by molar-refractivity contribution is 0.573. The SMILES string of the molecule is CCCCc1ccc(C(C)NCc2nccs2)cc1. The second-order valence-corrected chi connectivity index (χ2v) is 5.85. The minimum atomic E-state index is 0.365. The summed E-state index contributed by atoms with van der Waals surface area (Å²) in [5.41, 5.74) is 2.79. The van der Waals surface area contributed by atoms with Crippen molar-refractivity contribution in [3.8, 4) is 0 Å². The first-order valence-electron chi connectivity index (χ1n) is 7.00. The Morgan fingerprint density at radius 2 is 2.05 bits per heavy atom. The van der Waals surface area contributed by atoms with E-state index in [4.69, 9.17) is 0 Å². The third-order valence-corrected chi connectivity index (χ3v) is 4.12. The zero-order chi connectivity index (χ0) is 13.5. The van der Waals surface area contributed by atoms with Crippen molar-refractivity contribution in [2.75, 3.05) is 0 Å². The fourth-order valence-electron chi connectivity index (χ4n) is 2.05. The number of aryl methyl sites for hydroxylation is 1. The van der Waals surface area contributed by atoms with E-state index < -0.39 is 0 Å². The third-order valence-electron chi connectivity index (χ3n) is 3.34. The summed E-state index contributed by atoms with van der Waals surface area (Å²) in [6, 6.07) is 9.36. The van der Waals surface area contributed by atoms with Gasteiger partial charge in [-0.15, -0.1) is 11.3 Å². The Kier molecular flexibility index (Phi) is 5.55. The summed E-state index contributed by atoms with van der Waals surface area (Å²) in [4.78, 5) is 4.29. The van der Waals surface area contributed by atoms with Crippen molar-refractivity contribution in [1.29, 1.82) is 0 Å². The molecule has 1 heterocycles. The summed E-state index contributed by atoms with van der Waals surface area (Å²) in [7, 11) is 0. The smallest absolute Gasteiger partial charge is 0.106 e. The van der Waals surface area contributed by atoms with E-state index in [1.165, 1.54) is 30.4 Å². The molecule has 0 bridgehead atoms. The maximum Gasteiger partial charge on any atom is 0.106 e. The van der Waals surface area contributed by atoms with Crippen molar-refractivity contribution in [2.45, 2.75) is 45.7 Å². The molecule has 3 heteroatoms. The molecule has 0 fully saturated rings. The minimum Gasteiger partial charge on any atom is -0.304 e. The number of unbranched alkanes of at least 4 members (excludes halogenated alkanes) is 1. The Bertz CT molecular complexity index is 462. The Morgan fingerprint density at radius 3 is 2.68 bits per heavy atom. The summed E-state index contributed by atoms with van der Waals surface area (Å²) < 4.78 is 0. The van der Waals surface area contributed by atoms with E-state index >= 15 is 0 Å². The molecule has 2 nitrogen and oxygen atoms in total. The summed E-state index contributed by atoms with van der Waals surface area (Å²) in [5, 5.41) is 6.67. The van der Waals surface area contributed by atoms with Crippen molar-refractivity contribution in [3.63, 3.8) is 0 Å². The van der Waals surface area contributed by atoms with Crippen LogP contribution < -0.4 is 5.32 Å². The van der Waals surface area contributed by atoms with E-state index in [2.05, 4.69) is 48.4 Å². The Morgan fingerprint density at radius 1 is 1.26 bits per heavy atom.